The molecule has 0 aromatic heterocycles. The third-order valence-electron chi connectivity index (χ3n) is 2.51. The van der Waals surface area contributed by atoms with Gasteiger partial charge in [0.2, 0.25) is 5.91 Å². The highest BCUT2D eigenvalue weighted by molar-refractivity contribution is 8.00. The summed E-state index contributed by atoms with van der Waals surface area (Å²) in [6.45, 7) is 4.57. The first-order valence-corrected chi connectivity index (χ1v) is 7.16. The minimum Gasteiger partial charge on any atom is -0.481 e. The fourth-order valence-corrected chi connectivity index (χ4v) is 2.40. The molecule has 4 nitrogen and oxygen atoms in total. The lowest BCUT2D eigenvalue weighted by molar-refractivity contribution is -0.136. The van der Waals surface area contributed by atoms with Crippen LogP contribution in [0.4, 0.5) is 0 Å². The van der Waals surface area contributed by atoms with Gasteiger partial charge in [0.25, 0.3) is 0 Å². The van der Waals surface area contributed by atoms with Crippen molar-refractivity contribution in [3.63, 3.8) is 0 Å². The van der Waals surface area contributed by atoms with E-state index in [1.54, 1.807) is 12.1 Å². The molecule has 5 heteroatoms. The van der Waals surface area contributed by atoms with Gasteiger partial charge in [0, 0.05) is 11.4 Å². The van der Waals surface area contributed by atoms with E-state index in [9.17, 15) is 9.59 Å². The molecule has 0 aliphatic carbocycles. The van der Waals surface area contributed by atoms with Gasteiger partial charge in [-0.05, 0) is 31.0 Å². The zero-order chi connectivity index (χ0) is 14.3. The molecular weight excluding hydrogens is 262 g/mol. The maximum atomic E-state index is 11.7. The molecule has 0 spiro atoms. The molecule has 0 aliphatic heterocycles. The predicted octanol–water partition coefficient (Wildman–Crippen LogP) is 2.32. The molecule has 1 aromatic carbocycles. The first kappa shape index (κ1) is 15.6. The van der Waals surface area contributed by atoms with Gasteiger partial charge in [-0.1, -0.05) is 19.1 Å². The van der Waals surface area contributed by atoms with Gasteiger partial charge < -0.3 is 10.4 Å². The van der Waals surface area contributed by atoms with Gasteiger partial charge in [-0.3, -0.25) is 9.59 Å². The quantitative estimate of drug-likeness (QED) is 0.753. The third-order valence-corrected chi connectivity index (χ3v) is 3.62. The number of carbonyl (C=O) groups excluding carboxylic acids is 1. The normalized spacial score (nSPS) is 11.9. The summed E-state index contributed by atoms with van der Waals surface area (Å²) in [4.78, 5) is 23.2. The van der Waals surface area contributed by atoms with Crippen LogP contribution in [-0.2, 0) is 16.0 Å². The fraction of sp³-hybridized carbons (Fsp3) is 0.429. The first-order valence-electron chi connectivity index (χ1n) is 6.28. The van der Waals surface area contributed by atoms with Gasteiger partial charge in [-0.15, -0.1) is 11.8 Å². The van der Waals surface area contributed by atoms with E-state index in [1.807, 2.05) is 26.0 Å². The fourth-order valence-electron chi connectivity index (χ4n) is 1.51. The molecule has 2 N–H and O–H groups in total. The second-order valence-electron chi connectivity index (χ2n) is 4.27. The Balaban J connectivity index is 2.52. The van der Waals surface area contributed by atoms with E-state index in [4.69, 9.17) is 5.11 Å². The molecule has 104 valence electrons. The van der Waals surface area contributed by atoms with Gasteiger partial charge in [-0.25, -0.2) is 0 Å². The highest BCUT2D eigenvalue weighted by Gasteiger charge is 2.13. The highest BCUT2D eigenvalue weighted by atomic mass is 32.2. The Morgan fingerprint density at radius 1 is 1.32 bits per heavy atom. The van der Waals surface area contributed by atoms with Crippen LogP contribution in [0.5, 0.6) is 0 Å². The van der Waals surface area contributed by atoms with Crippen LogP contribution < -0.4 is 5.32 Å². The smallest absolute Gasteiger partial charge is 0.307 e. The number of aliphatic carboxylic acids is 1. The second-order valence-corrected chi connectivity index (χ2v) is 5.68. The highest BCUT2D eigenvalue weighted by Crippen LogP contribution is 2.23. The summed E-state index contributed by atoms with van der Waals surface area (Å²) >= 11 is 1.47. The number of carboxylic acid groups (broad SMARTS) is 1. The minimum absolute atomic E-state index is 0.0253. The largest absolute Gasteiger partial charge is 0.481 e. The lowest BCUT2D eigenvalue weighted by Gasteiger charge is -2.11. The zero-order valence-electron chi connectivity index (χ0n) is 11.2. The SMILES string of the molecule is CCCNC(=O)C(C)Sc1ccc(CC(=O)O)cc1. The Kier molecular flexibility index (Phi) is 6.42. The molecule has 0 fully saturated rings. The predicted molar refractivity (Wildman–Crippen MR) is 76.4 cm³/mol. The number of nitrogens with one attached hydrogen (secondary N) is 1. The van der Waals surface area contributed by atoms with E-state index in [1.165, 1.54) is 11.8 Å². The van der Waals surface area contributed by atoms with Crippen LogP contribution in [0.25, 0.3) is 0 Å². The summed E-state index contributed by atoms with van der Waals surface area (Å²) in [5.41, 5.74) is 0.764. The number of thioether (sulfide) groups is 1. The summed E-state index contributed by atoms with van der Waals surface area (Å²) in [5, 5.41) is 11.4. The van der Waals surface area contributed by atoms with Crippen LogP contribution in [0.3, 0.4) is 0 Å². The van der Waals surface area contributed by atoms with Crippen molar-refractivity contribution < 1.29 is 14.7 Å². The van der Waals surface area contributed by atoms with E-state index in [-0.39, 0.29) is 17.6 Å². The molecular formula is C14H19NO3S. The Morgan fingerprint density at radius 2 is 1.95 bits per heavy atom. The van der Waals surface area contributed by atoms with E-state index >= 15 is 0 Å². The zero-order valence-corrected chi connectivity index (χ0v) is 12.0. The number of rotatable bonds is 7. The van der Waals surface area contributed by atoms with Gasteiger partial charge in [-0.2, -0.15) is 0 Å². The average molecular weight is 281 g/mol. The van der Waals surface area contributed by atoms with Crippen LogP contribution in [0.2, 0.25) is 0 Å². The van der Waals surface area contributed by atoms with Gasteiger partial charge in [0.05, 0.1) is 11.7 Å². The van der Waals surface area contributed by atoms with Crippen LogP contribution >= 0.6 is 11.8 Å². The number of benzene rings is 1. The molecule has 19 heavy (non-hydrogen) atoms. The number of carbonyl (C=O) groups is 2. The Morgan fingerprint density at radius 3 is 2.47 bits per heavy atom. The standard InChI is InChI=1S/C14H19NO3S/c1-3-8-15-14(18)10(2)19-12-6-4-11(5-7-12)9-13(16)17/h4-7,10H,3,8-9H2,1-2H3,(H,15,18)(H,16,17). The maximum Gasteiger partial charge on any atom is 0.307 e. The number of carboxylic acids is 1. The van der Waals surface area contributed by atoms with Crippen molar-refractivity contribution in [1.29, 1.82) is 0 Å². The van der Waals surface area contributed by atoms with E-state index < -0.39 is 5.97 Å². The summed E-state index contributed by atoms with van der Waals surface area (Å²) in [6.07, 6.45) is 0.949. The molecule has 1 atom stereocenters. The number of amides is 1. The van der Waals surface area contributed by atoms with Crippen LogP contribution in [0.15, 0.2) is 29.2 Å². The third kappa shape index (κ3) is 5.79. The van der Waals surface area contributed by atoms with Crippen molar-refractivity contribution in [2.75, 3.05) is 6.54 Å². The molecule has 0 saturated heterocycles. The number of hydrogen-bond acceptors (Lipinski definition) is 3. The van der Waals surface area contributed by atoms with Crippen molar-refractivity contribution in [3.05, 3.63) is 29.8 Å². The minimum atomic E-state index is -0.840. The van der Waals surface area contributed by atoms with Crippen molar-refractivity contribution >= 4 is 23.6 Å². The van der Waals surface area contributed by atoms with Crippen molar-refractivity contribution in [2.24, 2.45) is 0 Å². The summed E-state index contributed by atoms with van der Waals surface area (Å²) in [7, 11) is 0. The molecule has 0 bridgehead atoms. The van der Waals surface area contributed by atoms with E-state index in [0.29, 0.717) is 6.54 Å². The van der Waals surface area contributed by atoms with Gasteiger partial charge >= 0.3 is 5.97 Å². The molecule has 1 unspecified atom stereocenters. The number of hydrogen-bond donors (Lipinski definition) is 2. The monoisotopic (exact) mass is 281 g/mol. The summed E-state index contributed by atoms with van der Waals surface area (Å²) in [6, 6.07) is 7.28. The summed E-state index contributed by atoms with van der Waals surface area (Å²) in [5.74, 6) is -0.811. The lowest BCUT2D eigenvalue weighted by Crippen LogP contribution is -2.31. The van der Waals surface area contributed by atoms with Crippen LogP contribution in [0.1, 0.15) is 25.8 Å². The Bertz CT molecular complexity index is 431. The first-order chi connectivity index (χ1) is 9.02. The molecule has 1 rings (SSSR count). The van der Waals surface area contributed by atoms with Gasteiger partial charge in [0.15, 0.2) is 0 Å². The average Bonchev–Trinajstić information content (AvgIpc) is 2.37. The molecule has 1 aromatic rings. The maximum absolute atomic E-state index is 11.7. The van der Waals surface area contributed by atoms with Gasteiger partial charge in [0.1, 0.15) is 0 Å². The molecule has 1 amide bonds. The Hall–Kier alpha value is -1.49. The van der Waals surface area contributed by atoms with Crippen molar-refractivity contribution in [1.82, 2.24) is 5.32 Å². The second kappa shape index (κ2) is 7.84. The molecule has 0 saturated carbocycles. The molecule has 0 heterocycles. The summed E-state index contributed by atoms with van der Waals surface area (Å²) < 4.78 is 0. The van der Waals surface area contributed by atoms with Crippen molar-refractivity contribution in [2.45, 2.75) is 36.8 Å². The van der Waals surface area contributed by atoms with E-state index in [2.05, 4.69) is 5.32 Å². The van der Waals surface area contributed by atoms with Crippen molar-refractivity contribution in [3.8, 4) is 0 Å². The van der Waals surface area contributed by atoms with Crippen LogP contribution in [-0.4, -0.2) is 28.8 Å². The molecule has 0 radical (unpaired) electrons. The van der Waals surface area contributed by atoms with Crippen LogP contribution in [0, 0.1) is 0 Å². The van der Waals surface area contributed by atoms with E-state index in [0.717, 1.165) is 16.9 Å². The topological polar surface area (TPSA) is 66.4 Å². The Labute approximate surface area is 117 Å². The lowest BCUT2D eigenvalue weighted by atomic mass is 10.2. The molecule has 0 aliphatic rings.